The molecule has 1 aromatic rings. The number of esters is 1. The summed E-state index contributed by atoms with van der Waals surface area (Å²) in [6, 6.07) is 3.03. The molecule has 1 aliphatic carbocycles. The number of halogens is 2. The van der Waals surface area contributed by atoms with Gasteiger partial charge in [0.15, 0.2) is 5.82 Å². The lowest BCUT2D eigenvalue weighted by molar-refractivity contribution is -0.128. The summed E-state index contributed by atoms with van der Waals surface area (Å²) in [5.41, 5.74) is 4.94. The topological polar surface area (TPSA) is 126 Å². The third kappa shape index (κ3) is 6.00. The van der Waals surface area contributed by atoms with Crippen molar-refractivity contribution in [2.45, 2.75) is 31.2 Å². The van der Waals surface area contributed by atoms with Gasteiger partial charge in [0.25, 0.3) is 5.91 Å². The van der Waals surface area contributed by atoms with Crippen LogP contribution in [0.25, 0.3) is 0 Å². The summed E-state index contributed by atoms with van der Waals surface area (Å²) in [5, 5.41) is 5.56. The van der Waals surface area contributed by atoms with Gasteiger partial charge in [0.2, 0.25) is 5.91 Å². The summed E-state index contributed by atoms with van der Waals surface area (Å²) in [7, 11) is 1.19. The van der Waals surface area contributed by atoms with Gasteiger partial charge >= 0.3 is 5.97 Å². The van der Waals surface area contributed by atoms with Crippen molar-refractivity contribution in [1.29, 1.82) is 0 Å². The molecule has 2 fully saturated rings. The third-order valence-corrected chi connectivity index (χ3v) is 6.56. The largest absolute Gasteiger partial charge is 0.465 e. The van der Waals surface area contributed by atoms with Gasteiger partial charge in [-0.3, -0.25) is 14.6 Å². The Hall–Kier alpha value is -3.40. The molecule has 1 aromatic carbocycles. The summed E-state index contributed by atoms with van der Waals surface area (Å²) in [4.78, 5) is 43.1. The molecule has 188 valence electrons. The molecule has 0 unspecified atom stereocenters. The number of nitrogens with two attached hydrogens (primary N) is 1. The molecule has 2 amide bonds. The lowest BCUT2D eigenvalue weighted by Gasteiger charge is -2.34. The monoisotopic (exact) mass is 505 g/mol. The normalized spacial score (nSPS) is 17.7. The number of anilines is 1. The van der Waals surface area contributed by atoms with Gasteiger partial charge in [0.1, 0.15) is 11.1 Å². The lowest BCUT2D eigenvalue weighted by Crippen LogP contribution is -2.51. The number of benzene rings is 1. The zero-order valence-electron chi connectivity index (χ0n) is 19.5. The van der Waals surface area contributed by atoms with E-state index in [1.54, 1.807) is 6.07 Å². The Bertz CT molecular complexity index is 1060. The number of nitrogens with zero attached hydrogens (tertiary/aromatic N) is 2. The molecular formula is C24H29ClFN5O4. The standard InChI is InChI=1S/C24H29ClFN5O4/c1-3-28-14-16(12-27)21(32)30-24(8-9-24)23(34)29-13-15-6-10-31(11-7-15)18-5-4-17(25)20(26)19(18)22(33)35-2/h3-5,12,14-15H,1,6-11,13,27H2,2H3,(H,29,34)(H,30,32)/b16-12+,28-14?. The molecular weight excluding hydrogens is 477 g/mol. The van der Waals surface area contributed by atoms with Crippen molar-refractivity contribution in [1.82, 2.24) is 10.6 Å². The Labute approximate surface area is 208 Å². The molecule has 1 saturated heterocycles. The molecule has 1 saturated carbocycles. The van der Waals surface area contributed by atoms with Crippen molar-refractivity contribution in [3.8, 4) is 0 Å². The van der Waals surface area contributed by atoms with Crippen LogP contribution in [0.15, 0.2) is 41.7 Å². The molecule has 1 aliphatic heterocycles. The van der Waals surface area contributed by atoms with E-state index in [9.17, 15) is 18.8 Å². The highest BCUT2D eigenvalue weighted by Crippen LogP contribution is 2.36. The summed E-state index contributed by atoms with van der Waals surface area (Å²) >= 11 is 5.85. The zero-order valence-corrected chi connectivity index (χ0v) is 20.2. The molecule has 11 heteroatoms. The van der Waals surface area contributed by atoms with E-state index < -0.39 is 23.2 Å². The van der Waals surface area contributed by atoms with Crippen LogP contribution in [0.1, 0.15) is 36.0 Å². The first-order chi connectivity index (χ1) is 16.8. The van der Waals surface area contributed by atoms with E-state index in [-0.39, 0.29) is 28.0 Å². The van der Waals surface area contributed by atoms with Gasteiger partial charge in [-0.1, -0.05) is 18.2 Å². The van der Waals surface area contributed by atoms with Crippen molar-refractivity contribution < 1.29 is 23.5 Å². The quantitative estimate of drug-likeness (QED) is 0.268. The second-order valence-corrected chi connectivity index (χ2v) is 8.91. The molecule has 9 nitrogen and oxygen atoms in total. The Kier molecular flexibility index (Phi) is 8.50. The van der Waals surface area contributed by atoms with Crippen LogP contribution in [-0.4, -0.2) is 56.3 Å². The van der Waals surface area contributed by atoms with Gasteiger partial charge in [-0.05, 0) is 43.7 Å². The lowest BCUT2D eigenvalue weighted by atomic mass is 9.95. The fourth-order valence-corrected chi connectivity index (χ4v) is 4.18. The minimum atomic E-state index is -0.940. The van der Waals surface area contributed by atoms with Crippen LogP contribution in [0.2, 0.25) is 5.02 Å². The molecule has 2 aliphatic rings. The third-order valence-electron chi connectivity index (χ3n) is 6.27. The number of hydrogen-bond donors (Lipinski definition) is 3. The number of ether oxygens (including phenoxy) is 1. The predicted octanol–water partition coefficient (Wildman–Crippen LogP) is 2.30. The van der Waals surface area contributed by atoms with Crippen LogP contribution in [0.3, 0.4) is 0 Å². The van der Waals surface area contributed by atoms with Crippen LogP contribution < -0.4 is 21.3 Å². The number of hydrogen-bond acceptors (Lipinski definition) is 7. The van der Waals surface area contributed by atoms with Crippen LogP contribution in [0, 0.1) is 11.7 Å². The fraction of sp³-hybridized carbons (Fsp3) is 0.417. The molecule has 4 N–H and O–H groups in total. The molecule has 0 aromatic heterocycles. The molecule has 0 atom stereocenters. The maximum Gasteiger partial charge on any atom is 0.343 e. The molecule has 0 spiro atoms. The zero-order chi connectivity index (χ0) is 25.6. The number of aliphatic imine (C=N–C) groups is 1. The first-order valence-corrected chi connectivity index (χ1v) is 11.6. The van der Waals surface area contributed by atoms with Gasteiger partial charge < -0.3 is 26.0 Å². The molecule has 3 rings (SSSR count). The SMILES string of the molecule is C=CN=C/C(=C\N)C(=O)NC1(C(=O)NCC2CCN(c3ccc(Cl)c(F)c3C(=O)OC)CC2)CC1. The maximum atomic E-state index is 14.5. The summed E-state index contributed by atoms with van der Waals surface area (Å²) in [6.45, 7) is 5.03. The molecule has 35 heavy (non-hydrogen) atoms. The first kappa shape index (κ1) is 26.2. The van der Waals surface area contributed by atoms with Gasteiger partial charge in [-0.15, -0.1) is 0 Å². The number of carbonyl (C=O) groups is 3. The fourth-order valence-electron chi connectivity index (χ4n) is 4.02. The first-order valence-electron chi connectivity index (χ1n) is 11.2. The van der Waals surface area contributed by atoms with Crippen molar-refractivity contribution in [3.63, 3.8) is 0 Å². The van der Waals surface area contributed by atoms with E-state index in [2.05, 4.69) is 22.2 Å². The average Bonchev–Trinajstić information content (AvgIpc) is 3.65. The van der Waals surface area contributed by atoms with Crippen LogP contribution in [0.5, 0.6) is 0 Å². The summed E-state index contributed by atoms with van der Waals surface area (Å²) in [6.07, 6.45) is 6.22. The minimum absolute atomic E-state index is 0.140. The van der Waals surface area contributed by atoms with E-state index in [1.165, 1.54) is 25.6 Å². The van der Waals surface area contributed by atoms with E-state index >= 15 is 0 Å². The highest BCUT2D eigenvalue weighted by atomic mass is 35.5. The number of methoxy groups -OCH3 is 1. The number of nitrogens with one attached hydrogen (secondary N) is 2. The Morgan fingerprint density at radius 2 is 2.03 bits per heavy atom. The summed E-state index contributed by atoms with van der Waals surface area (Å²) in [5.74, 6) is -2.10. The number of rotatable bonds is 9. The average molecular weight is 506 g/mol. The van der Waals surface area contributed by atoms with E-state index in [0.717, 1.165) is 19.0 Å². The van der Waals surface area contributed by atoms with Crippen LogP contribution in [0.4, 0.5) is 10.1 Å². The smallest absolute Gasteiger partial charge is 0.343 e. The van der Waals surface area contributed by atoms with Crippen molar-refractivity contribution in [2.24, 2.45) is 16.6 Å². The predicted molar refractivity (Wildman–Crippen MR) is 132 cm³/mol. The Morgan fingerprint density at radius 3 is 2.60 bits per heavy atom. The number of amides is 2. The van der Waals surface area contributed by atoms with Crippen molar-refractivity contribution in [2.75, 3.05) is 31.6 Å². The highest BCUT2D eigenvalue weighted by molar-refractivity contribution is 6.31. The van der Waals surface area contributed by atoms with Crippen molar-refractivity contribution >= 4 is 41.3 Å². The molecule has 0 bridgehead atoms. The van der Waals surface area contributed by atoms with E-state index in [0.29, 0.717) is 38.2 Å². The second-order valence-electron chi connectivity index (χ2n) is 8.51. The van der Waals surface area contributed by atoms with Crippen LogP contribution in [-0.2, 0) is 14.3 Å². The highest BCUT2D eigenvalue weighted by Gasteiger charge is 2.51. The van der Waals surface area contributed by atoms with Gasteiger partial charge in [0.05, 0.1) is 23.4 Å². The molecule has 1 heterocycles. The van der Waals surface area contributed by atoms with Crippen LogP contribution >= 0.6 is 11.6 Å². The molecule has 0 radical (unpaired) electrons. The van der Waals surface area contributed by atoms with Gasteiger partial charge in [-0.25, -0.2) is 9.18 Å². The Balaban J connectivity index is 1.54. The van der Waals surface area contributed by atoms with E-state index in [1.807, 2.05) is 4.90 Å². The maximum absolute atomic E-state index is 14.5. The van der Waals surface area contributed by atoms with Gasteiger partial charge in [0, 0.05) is 38.2 Å². The minimum Gasteiger partial charge on any atom is -0.465 e. The van der Waals surface area contributed by atoms with E-state index in [4.69, 9.17) is 22.1 Å². The van der Waals surface area contributed by atoms with Crippen molar-refractivity contribution in [3.05, 3.63) is 53.1 Å². The Morgan fingerprint density at radius 1 is 1.34 bits per heavy atom. The number of piperidine rings is 1. The second kappa shape index (κ2) is 11.4. The summed E-state index contributed by atoms with van der Waals surface area (Å²) < 4.78 is 19.3. The van der Waals surface area contributed by atoms with Gasteiger partial charge in [-0.2, -0.15) is 0 Å². The number of carbonyl (C=O) groups excluding carboxylic acids is 3.